The Morgan fingerprint density at radius 1 is 0.969 bits per heavy atom. The van der Waals surface area contributed by atoms with Crippen molar-refractivity contribution in [2.45, 2.75) is 22.6 Å². The fourth-order valence-electron chi connectivity index (χ4n) is 3.05. The van der Waals surface area contributed by atoms with Gasteiger partial charge in [-0.25, -0.2) is 8.78 Å². The van der Waals surface area contributed by atoms with Crippen LogP contribution in [0.4, 0.5) is 28.9 Å². The van der Waals surface area contributed by atoms with Gasteiger partial charge in [-0.2, -0.15) is 8.78 Å². The van der Waals surface area contributed by atoms with Gasteiger partial charge < -0.3 is 10.6 Å². The highest BCUT2D eigenvalue weighted by molar-refractivity contribution is 6.53. The van der Waals surface area contributed by atoms with Gasteiger partial charge in [0.2, 0.25) is 5.91 Å². The van der Waals surface area contributed by atoms with Crippen LogP contribution in [0.15, 0.2) is 36.4 Å². The van der Waals surface area contributed by atoms with Gasteiger partial charge in [0.15, 0.2) is 0 Å². The topological polar surface area (TPSA) is 58.2 Å². The molecule has 2 atom stereocenters. The standard InChI is InChI=1S/C19H11Cl5F4N2O2/c20-8-3-7(4-9(21)5-8)13-14(18(13,23)24)15(31)29-10-1-2-11(22)12(6-10)30-17(32)19(27,28)16(25)26/h1-6,13-14,16H,(H,29,31)(H,30,32)/t13-,14+/m0/s1. The summed E-state index contributed by atoms with van der Waals surface area (Å²) >= 11 is 30.3. The van der Waals surface area contributed by atoms with Gasteiger partial charge in [-0.15, -0.1) is 23.2 Å². The van der Waals surface area contributed by atoms with E-state index in [1.54, 1.807) is 17.4 Å². The number of halogens is 9. The SMILES string of the molecule is O=C(Nc1ccc(Cl)c(NC(=O)C(F)(F)C(F)F)c1)[C@H]1[C@H](c2cc(Cl)cc(Cl)c2)C1(Cl)Cl. The first-order valence-electron chi connectivity index (χ1n) is 8.66. The summed E-state index contributed by atoms with van der Waals surface area (Å²) in [6, 6.07) is 8.11. The van der Waals surface area contributed by atoms with Gasteiger partial charge >= 0.3 is 18.3 Å². The van der Waals surface area contributed by atoms with E-state index in [-0.39, 0.29) is 10.7 Å². The molecule has 0 saturated heterocycles. The minimum absolute atomic E-state index is 0.0222. The van der Waals surface area contributed by atoms with Gasteiger partial charge in [0.05, 0.1) is 16.6 Å². The Kier molecular flexibility index (Phi) is 7.13. The highest BCUT2D eigenvalue weighted by Gasteiger charge is 2.67. The quantitative estimate of drug-likeness (QED) is 0.299. The van der Waals surface area contributed by atoms with Crippen LogP contribution >= 0.6 is 58.0 Å². The van der Waals surface area contributed by atoms with Crippen LogP contribution in [0.2, 0.25) is 15.1 Å². The number of nitrogens with one attached hydrogen (secondary N) is 2. The van der Waals surface area contributed by atoms with Crippen molar-refractivity contribution in [3.8, 4) is 0 Å². The molecule has 4 nitrogen and oxygen atoms in total. The Bertz CT molecular complexity index is 1060. The molecular formula is C19H11Cl5F4N2O2. The third-order valence-corrected chi connectivity index (χ3v) is 6.35. The molecule has 2 aromatic rings. The smallest absolute Gasteiger partial charge is 0.326 e. The number of hydrogen-bond acceptors (Lipinski definition) is 2. The van der Waals surface area contributed by atoms with E-state index in [9.17, 15) is 27.2 Å². The molecule has 13 heteroatoms. The van der Waals surface area contributed by atoms with Gasteiger partial charge in [-0.1, -0.05) is 34.8 Å². The summed E-state index contributed by atoms with van der Waals surface area (Å²) in [7, 11) is 0. The lowest BCUT2D eigenvalue weighted by Gasteiger charge is -2.16. The van der Waals surface area contributed by atoms with Crippen molar-refractivity contribution in [3.05, 3.63) is 57.0 Å². The Balaban J connectivity index is 1.77. The molecule has 2 N–H and O–H groups in total. The van der Waals surface area contributed by atoms with E-state index < -0.39 is 46.0 Å². The Morgan fingerprint density at radius 2 is 1.56 bits per heavy atom. The molecule has 0 spiro atoms. The normalized spacial score (nSPS) is 19.6. The Morgan fingerprint density at radius 3 is 2.12 bits per heavy atom. The predicted molar refractivity (Wildman–Crippen MR) is 117 cm³/mol. The second-order valence-corrected chi connectivity index (χ2v) is 9.62. The van der Waals surface area contributed by atoms with Crippen molar-refractivity contribution in [2.75, 3.05) is 10.6 Å². The molecule has 1 aliphatic carbocycles. The van der Waals surface area contributed by atoms with Crippen LogP contribution in [0.25, 0.3) is 0 Å². The highest BCUT2D eigenvalue weighted by Crippen LogP contribution is 2.65. The summed E-state index contributed by atoms with van der Waals surface area (Å²) in [6.07, 6.45) is -4.21. The number of amides is 2. The molecule has 0 aliphatic heterocycles. The monoisotopic (exact) mass is 550 g/mol. The van der Waals surface area contributed by atoms with Gasteiger partial charge in [0, 0.05) is 21.7 Å². The summed E-state index contributed by atoms with van der Waals surface area (Å²) in [5, 5.41) is 4.51. The fourth-order valence-corrected chi connectivity index (χ4v) is 4.58. The van der Waals surface area contributed by atoms with Crippen molar-refractivity contribution < 1.29 is 27.2 Å². The molecule has 32 heavy (non-hydrogen) atoms. The minimum Gasteiger partial charge on any atom is -0.326 e. The number of benzene rings is 2. The van der Waals surface area contributed by atoms with Gasteiger partial charge in [-0.3, -0.25) is 9.59 Å². The minimum atomic E-state index is -4.93. The molecule has 3 rings (SSSR count). The van der Waals surface area contributed by atoms with Crippen LogP contribution in [-0.4, -0.2) is 28.5 Å². The van der Waals surface area contributed by atoms with Crippen LogP contribution in [0.1, 0.15) is 11.5 Å². The van der Waals surface area contributed by atoms with E-state index in [1.165, 1.54) is 18.2 Å². The first-order valence-corrected chi connectivity index (χ1v) is 10.6. The van der Waals surface area contributed by atoms with Crippen molar-refractivity contribution in [1.29, 1.82) is 0 Å². The molecule has 0 bridgehead atoms. The second kappa shape index (κ2) is 9.06. The van der Waals surface area contributed by atoms with Crippen LogP contribution < -0.4 is 10.6 Å². The molecule has 0 aromatic heterocycles. The van der Waals surface area contributed by atoms with E-state index in [1.807, 2.05) is 0 Å². The maximum Gasteiger partial charge on any atom is 0.383 e. The molecular weight excluding hydrogens is 541 g/mol. The van der Waals surface area contributed by atoms with Gasteiger partial charge in [-0.05, 0) is 42.0 Å². The van der Waals surface area contributed by atoms with E-state index in [2.05, 4.69) is 5.32 Å². The summed E-state index contributed by atoms with van der Waals surface area (Å²) in [4.78, 5) is 24.2. The number of rotatable bonds is 6. The Labute approximate surface area is 204 Å². The van der Waals surface area contributed by atoms with Gasteiger partial charge in [0.25, 0.3) is 0 Å². The molecule has 1 saturated carbocycles. The lowest BCUT2D eigenvalue weighted by Crippen LogP contribution is -2.41. The molecule has 0 unspecified atom stereocenters. The molecule has 1 fully saturated rings. The number of carbonyl (C=O) groups is 2. The first kappa shape index (κ1) is 25.2. The van der Waals surface area contributed by atoms with Crippen LogP contribution in [0.5, 0.6) is 0 Å². The zero-order valence-corrected chi connectivity index (χ0v) is 19.2. The maximum absolute atomic E-state index is 13.2. The van der Waals surface area contributed by atoms with Crippen LogP contribution in [0, 0.1) is 5.92 Å². The predicted octanol–water partition coefficient (Wildman–Crippen LogP) is 7.01. The van der Waals surface area contributed by atoms with Crippen LogP contribution in [-0.2, 0) is 9.59 Å². The summed E-state index contributed by atoms with van der Waals surface area (Å²) < 4.78 is 49.7. The van der Waals surface area contributed by atoms with E-state index >= 15 is 0 Å². The number of hydrogen-bond donors (Lipinski definition) is 2. The van der Waals surface area contributed by atoms with Crippen molar-refractivity contribution in [3.63, 3.8) is 0 Å². The lowest BCUT2D eigenvalue weighted by molar-refractivity contribution is -0.163. The molecule has 2 amide bonds. The largest absolute Gasteiger partial charge is 0.383 e. The first-order chi connectivity index (χ1) is 14.7. The highest BCUT2D eigenvalue weighted by atomic mass is 35.5. The second-order valence-electron chi connectivity index (χ2n) is 6.89. The average Bonchev–Trinajstić information content (AvgIpc) is 3.25. The fraction of sp³-hybridized carbons (Fsp3) is 0.263. The van der Waals surface area contributed by atoms with E-state index in [0.29, 0.717) is 15.6 Å². The maximum atomic E-state index is 13.2. The molecule has 172 valence electrons. The molecule has 2 aromatic carbocycles. The van der Waals surface area contributed by atoms with E-state index in [4.69, 9.17) is 58.0 Å². The third kappa shape index (κ3) is 5.04. The zero-order valence-electron chi connectivity index (χ0n) is 15.4. The van der Waals surface area contributed by atoms with Gasteiger partial charge in [0.1, 0.15) is 4.33 Å². The average molecular weight is 553 g/mol. The van der Waals surface area contributed by atoms with Crippen molar-refractivity contribution in [1.82, 2.24) is 0 Å². The molecule has 1 aliphatic rings. The van der Waals surface area contributed by atoms with Crippen LogP contribution in [0.3, 0.4) is 0 Å². The third-order valence-electron chi connectivity index (χ3n) is 4.64. The lowest BCUT2D eigenvalue weighted by atomic mass is 10.1. The number of anilines is 2. The number of alkyl halides is 6. The summed E-state index contributed by atoms with van der Waals surface area (Å²) in [5.41, 5.74) is 0.145. The Hall–Kier alpha value is -1.45. The summed E-state index contributed by atoms with van der Waals surface area (Å²) in [5.74, 6) is -9.37. The molecule has 0 heterocycles. The van der Waals surface area contributed by atoms with Crippen molar-refractivity contribution >= 4 is 81.2 Å². The molecule has 0 radical (unpaired) electrons. The summed E-state index contributed by atoms with van der Waals surface area (Å²) in [6.45, 7) is 0. The number of carbonyl (C=O) groups excluding carboxylic acids is 2. The zero-order chi connectivity index (χ0) is 24.0. The van der Waals surface area contributed by atoms with E-state index in [0.717, 1.165) is 6.07 Å². The van der Waals surface area contributed by atoms with Crippen molar-refractivity contribution in [2.24, 2.45) is 5.92 Å².